The molecule has 4 heteroatoms. The van der Waals surface area contributed by atoms with Gasteiger partial charge in [0.15, 0.2) is 0 Å². The second kappa shape index (κ2) is 6.02. The Labute approximate surface area is 117 Å². The first-order chi connectivity index (χ1) is 8.28. The molecular formula is C14H21BrFNO. The van der Waals surface area contributed by atoms with Gasteiger partial charge in [-0.25, -0.2) is 4.39 Å². The van der Waals surface area contributed by atoms with Crippen LogP contribution in [0.15, 0.2) is 16.6 Å². The van der Waals surface area contributed by atoms with Gasteiger partial charge in [-0.2, -0.15) is 0 Å². The second-order valence-electron chi connectivity index (χ2n) is 5.61. The fraction of sp³-hybridized carbons (Fsp3) is 0.571. The normalized spacial score (nSPS) is 13.5. The second-order valence-corrected chi connectivity index (χ2v) is 6.47. The largest absolute Gasteiger partial charge is 0.496 e. The van der Waals surface area contributed by atoms with Crippen molar-refractivity contribution in [1.29, 1.82) is 0 Å². The maximum Gasteiger partial charge on any atom is 0.141 e. The molecule has 0 aliphatic carbocycles. The summed E-state index contributed by atoms with van der Waals surface area (Å²) in [6.45, 7) is 6.55. The minimum Gasteiger partial charge on any atom is -0.496 e. The third-order valence-corrected chi connectivity index (χ3v) is 3.42. The lowest BCUT2D eigenvalue weighted by Gasteiger charge is -2.27. The Kier molecular flexibility index (Phi) is 5.17. The van der Waals surface area contributed by atoms with Gasteiger partial charge >= 0.3 is 0 Å². The Morgan fingerprint density at radius 3 is 2.44 bits per heavy atom. The molecule has 0 saturated carbocycles. The van der Waals surface area contributed by atoms with Gasteiger partial charge in [0.1, 0.15) is 11.6 Å². The molecule has 0 aliphatic heterocycles. The summed E-state index contributed by atoms with van der Waals surface area (Å²) in [6, 6.07) is 3.35. The van der Waals surface area contributed by atoms with Gasteiger partial charge in [-0.1, -0.05) is 20.8 Å². The van der Waals surface area contributed by atoms with E-state index in [2.05, 4.69) is 42.0 Å². The number of ether oxygens (including phenoxy) is 1. The zero-order chi connectivity index (χ0) is 13.9. The van der Waals surface area contributed by atoms with Gasteiger partial charge in [-0.05, 0) is 40.9 Å². The highest BCUT2D eigenvalue weighted by molar-refractivity contribution is 9.10. The van der Waals surface area contributed by atoms with E-state index in [-0.39, 0.29) is 17.3 Å². The van der Waals surface area contributed by atoms with Crippen molar-refractivity contribution in [3.05, 3.63) is 28.0 Å². The summed E-state index contributed by atoms with van der Waals surface area (Å²) >= 11 is 3.23. The van der Waals surface area contributed by atoms with Crippen molar-refractivity contribution in [2.75, 3.05) is 14.2 Å². The Hall–Kier alpha value is -0.610. The molecule has 0 fully saturated rings. The van der Waals surface area contributed by atoms with Crippen molar-refractivity contribution in [2.45, 2.75) is 33.2 Å². The highest BCUT2D eigenvalue weighted by Crippen LogP contribution is 2.36. The molecule has 1 aromatic rings. The van der Waals surface area contributed by atoms with Crippen LogP contribution >= 0.6 is 15.9 Å². The topological polar surface area (TPSA) is 21.3 Å². The van der Waals surface area contributed by atoms with Gasteiger partial charge in [0.25, 0.3) is 0 Å². The fourth-order valence-corrected chi connectivity index (χ4v) is 2.33. The lowest BCUT2D eigenvalue weighted by molar-refractivity contribution is 0.312. The number of rotatable bonds is 4. The van der Waals surface area contributed by atoms with Crippen molar-refractivity contribution in [1.82, 2.24) is 5.32 Å². The van der Waals surface area contributed by atoms with E-state index >= 15 is 0 Å². The predicted octanol–water partition coefficient (Wildman–Crippen LogP) is 4.29. The summed E-state index contributed by atoms with van der Waals surface area (Å²) in [5.41, 5.74) is 1.16. The predicted molar refractivity (Wildman–Crippen MR) is 76.5 cm³/mol. The Balaban J connectivity index is 3.16. The van der Waals surface area contributed by atoms with Crippen LogP contribution in [-0.2, 0) is 0 Å². The lowest BCUT2D eigenvalue weighted by Crippen LogP contribution is -2.23. The molecule has 0 radical (unpaired) electrons. The molecular weight excluding hydrogens is 297 g/mol. The molecule has 0 saturated heterocycles. The fourth-order valence-electron chi connectivity index (χ4n) is 1.97. The van der Waals surface area contributed by atoms with Crippen molar-refractivity contribution >= 4 is 15.9 Å². The number of methoxy groups -OCH3 is 1. The number of nitrogens with one attached hydrogen (secondary N) is 1. The van der Waals surface area contributed by atoms with Gasteiger partial charge in [0.2, 0.25) is 0 Å². The monoisotopic (exact) mass is 317 g/mol. The van der Waals surface area contributed by atoms with E-state index in [1.807, 2.05) is 7.05 Å². The molecule has 0 aliphatic rings. The Morgan fingerprint density at radius 1 is 1.39 bits per heavy atom. The Morgan fingerprint density at radius 2 is 2.00 bits per heavy atom. The molecule has 1 N–H and O–H groups in total. The van der Waals surface area contributed by atoms with Crippen LogP contribution in [0.5, 0.6) is 5.75 Å². The highest BCUT2D eigenvalue weighted by Gasteiger charge is 2.22. The maximum absolute atomic E-state index is 13.5. The minimum absolute atomic E-state index is 0.136. The zero-order valence-corrected chi connectivity index (χ0v) is 13.2. The van der Waals surface area contributed by atoms with Gasteiger partial charge in [-0.3, -0.25) is 0 Å². The third-order valence-electron chi connectivity index (χ3n) is 2.81. The van der Waals surface area contributed by atoms with E-state index in [1.54, 1.807) is 13.2 Å². The van der Waals surface area contributed by atoms with Gasteiger partial charge < -0.3 is 10.1 Å². The highest BCUT2D eigenvalue weighted by atomic mass is 79.9. The van der Waals surface area contributed by atoms with Crippen LogP contribution < -0.4 is 10.1 Å². The number of halogens is 2. The van der Waals surface area contributed by atoms with Crippen LogP contribution in [-0.4, -0.2) is 14.2 Å². The van der Waals surface area contributed by atoms with Gasteiger partial charge in [0.05, 0.1) is 11.6 Å². The standard InChI is InChI=1S/C14H21BrFNO/c1-14(2,3)8-12(17-4)9-6-10(15)11(16)7-13(9)18-5/h6-7,12,17H,8H2,1-5H3. The summed E-state index contributed by atoms with van der Waals surface area (Å²) in [6.07, 6.45) is 0.942. The molecule has 1 atom stereocenters. The summed E-state index contributed by atoms with van der Waals surface area (Å²) in [5, 5.41) is 3.27. The van der Waals surface area contributed by atoms with E-state index in [9.17, 15) is 4.39 Å². The molecule has 1 aromatic carbocycles. The molecule has 0 amide bonds. The first kappa shape index (κ1) is 15.4. The first-order valence-corrected chi connectivity index (χ1v) is 6.78. The summed E-state index contributed by atoms with van der Waals surface area (Å²) in [5.74, 6) is 0.278. The smallest absolute Gasteiger partial charge is 0.141 e. The van der Waals surface area contributed by atoms with E-state index in [4.69, 9.17) is 4.74 Å². The molecule has 1 unspecified atom stereocenters. The SMILES string of the molecule is CNC(CC(C)(C)C)c1cc(Br)c(F)cc1OC. The first-order valence-electron chi connectivity index (χ1n) is 5.98. The third kappa shape index (κ3) is 3.95. The van der Waals surface area contributed by atoms with E-state index in [0.29, 0.717) is 10.2 Å². The van der Waals surface area contributed by atoms with Crippen molar-refractivity contribution in [3.63, 3.8) is 0 Å². The average Bonchev–Trinajstić information content (AvgIpc) is 2.28. The van der Waals surface area contributed by atoms with Crippen molar-refractivity contribution in [3.8, 4) is 5.75 Å². The zero-order valence-electron chi connectivity index (χ0n) is 11.6. The molecule has 2 nitrogen and oxygen atoms in total. The summed E-state index contributed by atoms with van der Waals surface area (Å²) in [7, 11) is 3.48. The molecule has 0 heterocycles. The van der Waals surface area contributed by atoms with Gasteiger partial charge in [0, 0.05) is 17.7 Å². The number of hydrogen-bond donors (Lipinski definition) is 1. The van der Waals surface area contributed by atoms with Crippen molar-refractivity contribution in [2.24, 2.45) is 5.41 Å². The van der Waals surface area contributed by atoms with E-state index in [0.717, 1.165) is 12.0 Å². The Bertz CT molecular complexity index is 415. The maximum atomic E-state index is 13.5. The van der Waals surface area contributed by atoms with E-state index < -0.39 is 0 Å². The van der Waals surface area contributed by atoms with Crippen LogP contribution in [0, 0.1) is 11.2 Å². The molecule has 0 spiro atoms. The quantitative estimate of drug-likeness (QED) is 0.894. The molecule has 1 rings (SSSR count). The van der Waals surface area contributed by atoms with Crippen molar-refractivity contribution < 1.29 is 9.13 Å². The summed E-state index contributed by atoms with van der Waals surface area (Å²) < 4.78 is 19.2. The van der Waals surface area contributed by atoms with Gasteiger partial charge in [-0.15, -0.1) is 0 Å². The molecule has 0 aromatic heterocycles. The molecule has 18 heavy (non-hydrogen) atoms. The van der Waals surface area contributed by atoms with Crippen LogP contribution in [0.1, 0.15) is 38.8 Å². The molecule has 102 valence electrons. The van der Waals surface area contributed by atoms with Crippen LogP contribution in [0.4, 0.5) is 4.39 Å². The summed E-state index contributed by atoms with van der Waals surface area (Å²) in [4.78, 5) is 0. The lowest BCUT2D eigenvalue weighted by atomic mass is 9.85. The number of hydrogen-bond acceptors (Lipinski definition) is 2. The van der Waals surface area contributed by atoms with Crippen LogP contribution in [0.2, 0.25) is 0 Å². The number of benzene rings is 1. The molecule has 0 bridgehead atoms. The van der Waals surface area contributed by atoms with Crippen LogP contribution in [0.25, 0.3) is 0 Å². The van der Waals surface area contributed by atoms with Crippen LogP contribution in [0.3, 0.4) is 0 Å². The average molecular weight is 318 g/mol. The van der Waals surface area contributed by atoms with E-state index in [1.165, 1.54) is 6.07 Å². The minimum atomic E-state index is -0.304.